The third-order valence-electron chi connectivity index (χ3n) is 3.64. The van der Waals surface area contributed by atoms with Gasteiger partial charge < -0.3 is 9.47 Å². The highest BCUT2D eigenvalue weighted by Gasteiger charge is 2.42. The van der Waals surface area contributed by atoms with Crippen molar-refractivity contribution in [3.8, 4) is 0 Å². The first-order valence-electron chi connectivity index (χ1n) is 7.72. The Balaban J connectivity index is 3.00. The lowest BCUT2D eigenvalue weighted by Gasteiger charge is -2.12. The minimum absolute atomic E-state index is 0.0465. The molecule has 0 saturated carbocycles. The molecule has 0 aliphatic carbocycles. The van der Waals surface area contributed by atoms with Gasteiger partial charge in [-0.05, 0) is 13.8 Å². The number of carbonyl (C=O) groups excluding carboxylic acids is 1. The number of carbonyl (C=O) groups is 1. The average molecular weight is 394 g/mol. The zero-order chi connectivity index (χ0) is 19.6. The lowest BCUT2D eigenvalue weighted by atomic mass is 10.1. The lowest BCUT2D eigenvalue weighted by molar-refractivity contribution is -0.136. The number of thiophene rings is 1. The normalized spacial score (nSPS) is 11.9. The molecule has 0 aliphatic heterocycles. The molecule has 2 aromatic rings. The molecule has 0 amide bonds. The quantitative estimate of drug-likeness (QED) is 0.701. The van der Waals surface area contributed by atoms with Crippen LogP contribution in [0.15, 0.2) is 9.59 Å². The largest absolute Gasteiger partial charge is 0.462 e. The van der Waals surface area contributed by atoms with E-state index in [9.17, 15) is 27.6 Å². The van der Waals surface area contributed by atoms with Crippen LogP contribution < -0.4 is 11.2 Å². The van der Waals surface area contributed by atoms with Crippen LogP contribution in [0.5, 0.6) is 0 Å². The van der Waals surface area contributed by atoms with Crippen LogP contribution >= 0.6 is 11.3 Å². The van der Waals surface area contributed by atoms with Gasteiger partial charge >= 0.3 is 17.8 Å². The van der Waals surface area contributed by atoms with Crippen LogP contribution in [0.4, 0.5) is 13.2 Å². The molecule has 7 nitrogen and oxygen atoms in total. The number of nitrogens with zero attached hydrogens (tertiary/aromatic N) is 2. The van der Waals surface area contributed by atoms with Crippen molar-refractivity contribution in [2.45, 2.75) is 33.1 Å². The molecule has 0 saturated heterocycles. The van der Waals surface area contributed by atoms with Gasteiger partial charge in [-0.1, -0.05) is 0 Å². The van der Waals surface area contributed by atoms with E-state index >= 15 is 0 Å². The van der Waals surface area contributed by atoms with E-state index < -0.39 is 39.2 Å². The topological polar surface area (TPSA) is 79.5 Å². The first kappa shape index (κ1) is 20.2. The highest BCUT2D eigenvalue weighted by atomic mass is 32.1. The summed E-state index contributed by atoms with van der Waals surface area (Å²) >= 11 is 0.423. The molecule has 2 rings (SSSR count). The Labute approximate surface area is 149 Å². The number of methoxy groups -OCH3 is 1. The summed E-state index contributed by atoms with van der Waals surface area (Å²) in [6.07, 6.45) is -4.96. The third-order valence-corrected chi connectivity index (χ3v) is 4.83. The molecule has 144 valence electrons. The zero-order valence-electron chi connectivity index (χ0n) is 14.3. The van der Waals surface area contributed by atoms with Crippen LogP contribution in [0.3, 0.4) is 0 Å². The second kappa shape index (κ2) is 7.62. The molecule has 0 atom stereocenters. The second-order valence-electron chi connectivity index (χ2n) is 5.18. The summed E-state index contributed by atoms with van der Waals surface area (Å²) in [4.78, 5) is 36.1. The van der Waals surface area contributed by atoms with Gasteiger partial charge in [0, 0.05) is 13.7 Å². The van der Waals surface area contributed by atoms with E-state index in [1.807, 2.05) is 0 Å². The van der Waals surface area contributed by atoms with E-state index in [1.54, 1.807) is 0 Å². The van der Waals surface area contributed by atoms with Crippen LogP contribution in [-0.4, -0.2) is 35.4 Å². The molecule has 2 heterocycles. The van der Waals surface area contributed by atoms with Crippen molar-refractivity contribution < 1.29 is 27.4 Å². The summed E-state index contributed by atoms with van der Waals surface area (Å²) in [5.74, 6) is -1.19. The number of aromatic nitrogens is 2. The fourth-order valence-electron chi connectivity index (χ4n) is 2.53. The summed E-state index contributed by atoms with van der Waals surface area (Å²) in [7, 11) is 1.37. The van der Waals surface area contributed by atoms with Crippen LogP contribution in [-0.2, 0) is 28.7 Å². The number of halogens is 3. The van der Waals surface area contributed by atoms with Crippen LogP contribution in [0.1, 0.15) is 29.1 Å². The number of fused-ring (bicyclic) bond motifs is 1. The first-order chi connectivity index (χ1) is 12.2. The number of alkyl halides is 3. The lowest BCUT2D eigenvalue weighted by Crippen LogP contribution is -2.40. The van der Waals surface area contributed by atoms with Gasteiger partial charge in [0.2, 0.25) is 0 Å². The van der Waals surface area contributed by atoms with Crippen molar-refractivity contribution in [2.75, 3.05) is 20.3 Å². The molecule has 0 aromatic carbocycles. The zero-order valence-corrected chi connectivity index (χ0v) is 15.1. The monoisotopic (exact) mass is 394 g/mol. The minimum atomic E-state index is -4.96. The highest BCUT2D eigenvalue weighted by Crippen LogP contribution is 2.41. The average Bonchev–Trinajstić information content (AvgIpc) is 2.96. The van der Waals surface area contributed by atoms with Gasteiger partial charge in [0.1, 0.15) is 9.71 Å². The fourth-order valence-corrected chi connectivity index (χ4v) is 3.76. The van der Waals surface area contributed by atoms with Gasteiger partial charge in [-0.2, -0.15) is 13.2 Å². The molecule has 0 spiro atoms. The molecule has 0 N–H and O–H groups in total. The Morgan fingerprint density at radius 1 is 1.19 bits per heavy atom. The molecule has 0 aliphatic rings. The Morgan fingerprint density at radius 3 is 2.35 bits per heavy atom. The van der Waals surface area contributed by atoms with Crippen LogP contribution in [0.2, 0.25) is 0 Å². The predicted molar refractivity (Wildman–Crippen MR) is 88.9 cm³/mol. The molecule has 26 heavy (non-hydrogen) atoms. The molecular formula is C15H17F3N2O5S. The van der Waals surface area contributed by atoms with Gasteiger partial charge in [-0.3, -0.25) is 13.9 Å². The van der Waals surface area contributed by atoms with Gasteiger partial charge in [0.15, 0.2) is 0 Å². The van der Waals surface area contributed by atoms with E-state index in [4.69, 9.17) is 9.47 Å². The van der Waals surface area contributed by atoms with E-state index in [0.717, 1.165) is 4.57 Å². The SMILES string of the molecule is CCOC(=O)c1sc2c(c1C(F)(F)F)c(=O)n(CC)c(=O)n2CCOC. The number of ether oxygens (including phenoxy) is 2. The smallest absolute Gasteiger partial charge is 0.418 e. The highest BCUT2D eigenvalue weighted by molar-refractivity contribution is 7.20. The third kappa shape index (κ3) is 3.40. The first-order valence-corrected chi connectivity index (χ1v) is 8.53. The van der Waals surface area contributed by atoms with Crippen molar-refractivity contribution in [1.29, 1.82) is 0 Å². The van der Waals surface area contributed by atoms with Crippen LogP contribution in [0, 0.1) is 0 Å². The summed E-state index contributed by atoms with van der Waals surface area (Å²) < 4.78 is 52.3. The summed E-state index contributed by atoms with van der Waals surface area (Å²) in [6.45, 7) is 2.68. The molecule has 0 unspecified atom stereocenters. The van der Waals surface area contributed by atoms with Gasteiger partial charge in [-0.15, -0.1) is 11.3 Å². The Morgan fingerprint density at radius 2 is 1.85 bits per heavy atom. The number of rotatable bonds is 6. The Kier molecular flexibility index (Phi) is 5.91. The van der Waals surface area contributed by atoms with Crippen molar-refractivity contribution in [1.82, 2.24) is 9.13 Å². The van der Waals surface area contributed by atoms with E-state index in [1.165, 1.54) is 21.0 Å². The number of esters is 1. The number of hydrogen-bond donors (Lipinski definition) is 0. The fraction of sp³-hybridized carbons (Fsp3) is 0.533. The van der Waals surface area contributed by atoms with Crippen molar-refractivity contribution >= 4 is 27.5 Å². The summed E-state index contributed by atoms with van der Waals surface area (Å²) in [5, 5.41) is -0.705. The summed E-state index contributed by atoms with van der Waals surface area (Å²) in [6, 6.07) is 0. The number of hydrogen-bond acceptors (Lipinski definition) is 6. The molecule has 0 bridgehead atoms. The van der Waals surface area contributed by atoms with Crippen molar-refractivity contribution in [3.63, 3.8) is 0 Å². The predicted octanol–water partition coefficient (Wildman–Crippen LogP) is 2.09. The van der Waals surface area contributed by atoms with Gasteiger partial charge in [0.05, 0.1) is 30.7 Å². The van der Waals surface area contributed by atoms with Crippen molar-refractivity contribution in [3.05, 3.63) is 31.3 Å². The van der Waals surface area contributed by atoms with Gasteiger partial charge in [0.25, 0.3) is 5.56 Å². The second-order valence-corrected chi connectivity index (χ2v) is 6.18. The van der Waals surface area contributed by atoms with E-state index in [0.29, 0.717) is 15.9 Å². The van der Waals surface area contributed by atoms with Crippen molar-refractivity contribution in [2.24, 2.45) is 0 Å². The maximum atomic E-state index is 13.7. The molecule has 0 radical (unpaired) electrons. The van der Waals surface area contributed by atoms with E-state index in [-0.39, 0.29) is 31.1 Å². The molecule has 2 aromatic heterocycles. The Bertz CT molecular complexity index is 942. The molecule has 11 heteroatoms. The Hall–Kier alpha value is -2.14. The molecular weight excluding hydrogens is 377 g/mol. The minimum Gasteiger partial charge on any atom is -0.462 e. The maximum Gasteiger partial charge on any atom is 0.418 e. The van der Waals surface area contributed by atoms with Gasteiger partial charge in [-0.25, -0.2) is 9.59 Å². The van der Waals surface area contributed by atoms with E-state index in [2.05, 4.69) is 0 Å². The summed E-state index contributed by atoms with van der Waals surface area (Å²) in [5.41, 5.74) is -3.21. The van der Waals surface area contributed by atoms with Crippen LogP contribution in [0.25, 0.3) is 10.2 Å². The maximum absolute atomic E-state index is 13.7. The standard InChI is InChI=1S/C15H17F3N2O5S/c1-4-19-11(21)8-9(15(16,17)18)10(13(22)25-5-2)26-12(8)20(14(19)23)6-7-24-3/h4-7H2,1-3H3. The molecule has 0 fully saturated rings.